The average Bonchev–Trinajstić information content (AvgIpc) is 3.37. The summed E-state index contributed by atoms with van der Waals surface area (Å²) in [6.07, 6.45) is 2.12. The van der Waals surface area contributed by atoms with E-state index in [2.05, 4.69) is 9.88 Å². The number of morpholine rings is 1. The molecule has 7 nitrogen and oxygen atoms in total. The maximum atomic E-state index is 13.0. The van der Waals surface area contributed by atoms with Crippen LogP contribution in [0.25, 0.3) is 0 Å². The fraction of sp³-hybridized carbons (Fsp3) is 0.474. The molecule has 0 spiro atoms. The van der Waals surface area contributed by atoms with Crippen molar-refractivity contribution in [3.8, 4) is 11.5 Å². The number of hydrogen-bond donors (Lipinski definition) is 0. The summed E-state index contributed by atoms with van der Waals surface area (Å²) in [6, 6.07) is 5.68. The standard InChI is InChI=1S/C19H23N3O4S/c23-19(12-15-1-2-16-17(11-15)26-14-25-16)22(13-18-20-3-10-27-18)5-4-21-6-8-24-9-7-21/h1-3,10-11H,4-9,12-14H2. The fourth-order valence-corrected chi connectivity index (χ4v) is 3.84. The first-order valence-corrected chi connectivity index (χ1v) is 10.0. The molecule has 8 heteroatoms. The van der Waals surface area contributed by atoms with Crippen molar-refractivity contribution in [2.45, 2.75) is 13.0 Å². The molecule has 1 aromatic heterocycles. The summed E-state index contributed by atoms with van der Waals surface area (Å²) in [4.78, 5) is 21.6. The zero-order valence-corrected chi connectivity index (χ0v) is 16.0. The van der Waals surface area contributed by atoms with E-state index in [4.69, 9.17) is 14.2 Å². The molecule has 0 atom stereocenters. The van der Waals surface area contributed by atoms with E-state index >= 15 is 0 Å². The molecule has 1 saturated heterocycles. The van der Waals surface area contributed by atoms with E-state index in [1.165, 1.54) is 0 Å². The van der Waals surface area contributed by atoms with Gasteiger partial charge in [0.15, 0.2) is 11.5 Å². The summed E-state index contributed by atoms with van der Waals surface area (Å²) in [5, 5.41) is 2.90. The Morgan fingerprint density at radius 2 is 2.07 bits per heavy atom. The lowest BCUT2D eigenvalue weighted by molar-refractivity contribution is -0.131. The second kappa shape index (κ2) is 8.69. The molecule has 0 saturated carbocycles. The third-order valence-corrected chi connectivity index (χ3v) is 5.51. The fourth-order valence-electron chi connectivity index (χ4n) is 3.21. The highest BCUT2D eigenvalue weighted by Gasteiger charge is 2.20. The van der Waals surface area contributed by atoms with E-state index in [0.717, 1.165) is 49.2 Å². The number of fused-ring (bicyclic) bond motifs is 1. The molecule has 1 amide bonds. The molecule has 1 aromatic carbocycles. The van der Waals surface area contributed by atoms with Crippen LogP contribution in [0.5, 0.6) is 11.5 Å². The maximum absolute atomic E-state index is 13.0. The Bertz CT molecular complexity index is 762. The van der Waals surface area contributed by atoms with Crippen LogP contribution in [0.4, 0.5) is 0 Å². The van der Waals surface area contributed by atoms with Gasteiger partial charge in [-0.15, -0.1) is 11.3 Å². The van der Waals surface area contributed by atoms with E-state index in [1.54, 1.807) is 17.5 Å². The number of nitrogens with zero attached hydrogens (tertiary/aromatic N) is 3. The van der Waals surface area contributed by atoms with Gasteiger partial charge in [0, 0.05) is 37.8 Å². The topological polar surface area (TPSA) is 64.1 Å². The molecule has 144 valence electrons. The summed E-state index contributed by atoms with van der Waals surface area (Å²) in [6.45, 7) is 5.68. The molecule has 27 heavy (non-hydrogen) atoms. The molecular weight excluding hydrogens is 366 g/mol. The van der Waals surface area contributed by atoms with Crippen molar-refractivity contribution < 1.29 is 19.0 Å². The van der Waals surface area contributed by atoms with Gasteiger partial charge in [-0.25, -0.2) is 4.98 Å². The lowest BCUT2D eigenvalue weighted by Crippen LogP contribution is -2.43. The van der Waals surface area contributed by atoms with Crippen LogP contribution in [0, 0.1) is 0 Å². The van der Waals surface area contributed by atoms with Gasteiger partial charge in [0.2, 0.25) is 12.7 Å². The van der Waals surface area contributed by atoms with Crippen LogP contribution in [-0.4, -0.2) is 66.9 Å². The normalized spacial score (nSPS) is 16.4. The van der Waals surface area contributed by atoms with Crippen molar-refractivity contribution in [2.75, 3.05) is 46.2 Å². The Morgan fingerprint density at radius 3 is 2.89 bits per heavy atom. The molecule has 0 aliphatic carbocycles. The number of ether oxygens (including phenoxy) is 3. The van der Waals surface area contributed by atoms with Gasteiger partial charge >= 0.3 is 0 Å². The van der Waals surface area contributed by atoms with Crippen molar-refractivity contribution in [1.29, 1.82) is 0 Å². The van der Waals surface area contributed by atoms with E-state index in [-0.39, 0.29) is 12.7 Å². The maximum Gasteiger partial charge on any atom is 0.231 e. The molecule has 0 radical (unpaired) electrons. The van der Waals surface area contributed by atoms with E-state index in [0.29, 0.717) is 25.3 Å². The first kappa shape index (κ1) is 18.2. The van der Waals surface area contributed by atoms with Gasteiger partial charge in [0.05, 0.1) is 26.2 Å². The monoisotopic (exact) mass is 389 g/mol. The zero-order chi connectivity index (χ0) is 18.5. The molecule has 0 bridgehead atoms. The van der Waals surface area contributed by atoms with Crippen molar-refractivity contribution in [1.82, 2.24) is 14.8 Å². The lowest BCUT2D eigenvalue weighted by atomic mass is 10.1. The highest BCUT2D eigenvalue weighted by Crippen LogP contribution is 2.32. The Hall–Kier alpha value is -2.16. The molecular formula is C19H23N3O4S. The average molecular weight is 389 g/mol. The smallest absolute Gasteiger partial charge is 0.231 e. The summed E-state index contributed by atoms with van der Waals surface area (Å²) < 4.78 is 16.2. The molecule has 2 aliphatic heterocycles. The molecule has 3 heterocycles. The minimum absolute atomic E-state index is 0.0947. The number of benzene rings is 1. The third-order valence-electron chi connectivity index (χ3n) is 4.74. The van der Waals surface area contributed by atoms with Gasteiger partial charge in [-0.2, -0.15) is 0 Å². The van der Waals surface area contributed by atoms with Crippen LogP contribution in [0.2, 0.25) is 0 Å². The number of amides is 1. The number of hydrogen-bond acceptors (Lipinski definition) is 7. The molecule has 2 aliphatic rings. The van der Waals surface area contributed by atoms with Gasteiger partial charge in [0.25, 0.3) is 0 Å². The summed E-state index contributed by atoms with van der Waals surface area (Å²) >= 11 is 1.58. The number of carbonyl (C=O) groups excluding carboxylic acids is 1. The van der Waals surface area contributed by atoms with Crippen LogP contribution in [0.15, 0.2) is 29.8 Å². The van der Waals surface area contributed by atoms with Crippen LogP contribution in [0.3, 0.4) is 0 Å². The van der Waals surface area contributed by atoms with E-state index in [9.17, 15) is 4.79 Å². The Labute approximate surface area is 162 Å². The third kappa shape index (κ3) is 4.77. The number of rotatable bonds is 7. The predicted octanol–water partition coefficient (Wildman–Crippen LogP) is 1.78. The van der Waals surface area contributed by atoms with Gasteiger partial charge in [-0.3, -0.25) is 9.69 Å². The van der Waals surface area contributed by atoms with Gasteiger partial charge in [-0.1, -0.05) is 6.07 Å². The molecule has 4 rings (SSSR count). The second-order valence-electron chi connectivity index (χ2n) is 6.56. The highest BCUT2D eigenvalue weighted by molar-refractivity contribution is 7.09. The predicted molar refractivity (Wildman–Crippen MR) is 101 cm³/mol. The molecule has 2 aromatic rings. The number of thiazole rings is 1. The second-order valence-corrected chi connectivity index (χ2v) is 7.54. The minimum atomic E-state index is 0.0947. The molecule has 0 N–H and O–H groups in total. The van der Waals surface area contributed by atoms with Crippen molar-refractivity contribution in [3.63, 3.8) is 0 Å². The first-order chi connectivity index (χ1) is 13.3. The Balaban J connectivity index is 1.40. The minimum Gasteiger partial charge on any atom is -0.454 e. The highest BCUT2D eigenvalue weighted by atomic mass is 32.1. The quantitative estimate of drug-likeness (QED) is 0.719. The number of aromatic nitrogens is 1. The number of carbonyl (C=O) groups is 1. The van der Waals surface area contributed by atoms with Crippen molar-refractivity contribution in [3.05, 3.63) is 40.3 Å². The Morgan fingerprint density at radius 1 is 1.22 bits per heavy atom. The summed E-state index contributed by atoms with van der Waals surface area (Å²) in [5.41, 5.74) is 0.930. The van der Waals surface area contributed by atoms with Crippen molar-refractivity contribution in [2.24, 2.45) is 0 Å². The largest absolute Gasteiger partial charge is 0.454 e. The first-order valence-electron chi connectivity index (χ1n) is 9.13. The van der Waals surface area contributed by atoms with Crippen LogP contribution < -0.4 is 9.47 Å². The van der Waals surface area contributed by atoms with Crippen LogP contribution >= 0.6 is 11.3 Å². The van der Waals surface area contributed by atoms with Crippen LogP contribution in [0.1, 0.15) is 10.6 Å². The van der Waals surface area contributed by atoms with Gasteiger partial charge in [-0.05, 0) is 17.7 Å². The zero-order valence-electron chi connectivity index (χ0n) is 15.1. The summed E-state index contributed by atoms with van der Waals surface area (Å²) in [5.74, 6) is 1.54. The van der Waals surface area contributed by atoms with E-state index < -0.39 is 0 Å². The van der Waals surface area contributed by atoms with Gasteiger partial charge in [0.1, 0.15) is 5.01 Å². The van der Waals surface area contributed by atoms with Crippen molar-refractivity contribution >= 4 is 17.2 Å². The van der Waals surface area contributed by atoms with Crippen LogP contribution in [-0.2, 0) is 22.5 Å². The molecule has 0 unspecified atom stereocenters. The lowest BCUT2D eigenvalue weighted by Gasteiger charge is -2.30. The van der Waals surface area contributed by atoms with Gasteiger partial charge < -0.3 is 19.1 Å². The van der Waals surface area contributed by atoms with E-state index in [1.807, 2.05) is 28.5 Å². The Kier molecular flexibility index (Phi) is 5.86. The molecule has 1 fully saturated rings. The SMILES string of the molecule is O=C(Cc1ccc2c(c1)OCO2)N(CCN1CCOCC1)Cc1nccs1. The summed E-state index contributed by atoms with van der Waals surface area (Å²) in [7, 11) is 0.